The zero-order valence-corrected chi connectivity index (χ0v) is 7.29. The van der Waals surface area contributed by atoms with Crippen LogP contribution < -0.4 is 5.32 Å². The Labute approximate surface area is 71.3 Å². The SMILES string of the molecule is CC(=O)N[C@H]1CC[C@H](C)OC1=O. The van der Waals surface area contributed by atoms with Crippen LogP contribution in [0.4, 0.5) is 0 Å². The topological polar surface area (TPSA) is 55.4 Å². The molecule has 1 N–H and O–H groups in total. The van der Waals surface area contributed by atoms with Crippen molar-refractivity contribution in [2.45, 2.75) is 38.8 Å². The third-order valence-corrected chi connectivity index (χ3v) is 1.84. The fraction of sp³-hybridized carbons (Fsp3) is 0.750. The molecule has 0 saturated carbocycles. The maximum Gasteiger partial charge on any atom is 0.328 e. The summed E-state index contributed by atoms with van der Waals surface area (Å²) in [7, 11) is 0. The van der Waals surface area contributed by atoms with Crippen molar-refractivity contribution in [3.8, 4) is 0 Å². The molecule has 1 amide bonds. The normalized spacial score (nSPS) is 29.3. The molecule has 1 heterocycles. The van der Waals surface area contributed by atoms with Crippen molar-refractivity contribution < 1.29 is 14.3 Å². The molecule has 1 fully saturated rings. The molecule has 68 valence electrons. The van der Waals surface area contributed by atoms with Gasteiger partial charge in [0.2, 0.25) is 5.91 Å². The molecular weight excluding hydrogens is 158 g/mol. The number of hydrogen-bond acceptors (Lipinski definition) is 3. The van der Waals surface area contributed by atoms with E-state index in [1.165, 1.54) is 6.92 Å². The van der Waals surface area contributed by atoms with Gasteiger partial charge in [0.25, 0.3) is 0 Å². The number of hydrogen-bond donors (Lipinski definition) is 1. The monoisotopic (exact) mass is 171 g/mol. The summed E-state index contributed by atoms with van der Waals surface area (Å²) in [5.41, 5.74) is 0. The predicted octanol–water partition coefficient (Wildman–Crippen LogP) is 0.217. The zero-order valence-electron chi connectivity index (χ0n) is 7.29. The van der Waals surface area contributed by atoms with Crippen LogP contribution in [0.5, 0.6) is 0 Å². The van der Waals surface area contributed by atoms with Crippen molar-refractivity contribution in [1.82, 2.24) is 5.32 Å². The number of ether oxygens (including phenoxy) is 1. The van der Waals surface area contributed by atoms with E-state index in [2.05, 4.69) is 5.32 Å². The number of carbonyl (C=O) groups is 2. The first kappa shape index (κ1) is 9.03. The summed E-state index contributed by atoms with van der Waals surface area (Å²) in [4.78, 5) is 21.7. The molecule has 2 atom stereocenters. The molecule has 4 nitrogen and oxygen atoms in total. The Morgan fingerprint density at radius 1 is 1.58 bits per heavy atom. The van der Waals surface area contributed by atoms with Crippen LogP contribution in [0, 0.1) is 0 Å². The molecule has 0 unspecified atom stereocenters. The highest BCUT2D eigenvalue weighted by molar-refractivity contribution is 5.83. The number of esters is 1. The van der Waals surface area contributed by atoms with Gasteiger partial charge in [-0.05, 0) is 19.8 Å². The minimum absolute atomic E-state index is 0.0116. The summed E-state index contributed by atoms with van der Waals surface area (Å²) in [6, 6.07) is -0.432. The molecule has 1 aliphatic rings. The Balaban J connectivity index is 2.45. The zero-order chi connectivity index (χ0) is 9.14. The van der Waals surface area contributed by atoms with Crippen molar-refractivity contribution in [3.63, 3.8) is 0 Å². The summed E-state index contributed by atoms with van der Waals surface area (Å²) < 4.78 is 4.95. The Hall–Kier alpha value is -1.06. The van der Waals surface area contributed by atoms with Crippen LogP contribution in [0.15, 0.2) is 0 Å². The predicted molar refractivity (Wildman–Crippen MR) is 42.4 cm³/mol. The average molecular weight is 171 g/mol. The summed E-state index contributed by atoms with van der Waals surface area (Å²) in [5.74, 6) is -0.504. The molecule has 12 heavy (non-hydrogen) atoms. The first-order chi connectivity index (χ1) is 5.59. The number of carbonyl (C=O) groups excluding carboxylic acids is 2. The van der Waals surface area contributed by atoms with Crippen molar-refractivity contribution in [3.05, 3.63) is 0 Å². The molecular formula is C8H13NO3. The van der Waals surface area contributed by atoms with E-state index < -0.39 is 6.04 Å². The van der Waals surface area contributed by atoms with E-state index in [9.17, 15) is 9.59 Å². The first-order valence-corrected chi connectivity index (χ1v) is 4.07. The minimum atomic E-state index is -0.432. The van der Waals surface area contributed by atoms with E-state index in [0.29, 0.717) is 6.42 Å². The standard InChI is InChI=1S/C8H13NO3/c1-5-3-4-7(8(11)12-5)9-6(2)10/h5,7H,3-4H2,1-2H3,(H,9,10)/t5-,7-/m0/s1. The van der Waals surface area contributed by atoms with Crippen molar-refractivity contribution in [1.29, 1.82) is 0 Å². The first-order valence-electron chi connectivity index (χ1n) is 4.07. The van der Waals surface area contributed by atoms with Crippen LogP contribution >= 0.6 is 0 Å². The van der Waals surface area contributed by atoms with Crippen LogP contribution in [0.1, 0.15) is 26.7 Å². The molecule has 0 aromatic carbocycles. The molecule has 1 saturated heterocycles. The van der Waals surface area contributed by atoms with Gasteiger partial charge in [0.15, 0.2) is 0 Å². The second-order valence-electron chi connectivity index (χ2n) is 3.08. The van der Waals surface area contributed by atoms with Crippen LogP contribution in [0.2, 0.25) is 0 Å². The van der Waals surface area contributed by atoms with Gasteiger partial charge in [0.05, 0.1) is 6.10 Å². The van der Waals surface area contributed by atoms with Crippen molar-refractivity contribution in [2.24, 2.45) is 0 Å². The van der Waals surface area contributed by atoms with Gasteiger partial charge < -0.3 is 10.1 Å². The smallest absolute Gasteiger partial charge is 0.328 e. The third kappa shape index (κ3) is 2.22. The lowest BCUT2D eigenvalue weighted by molar-refractivity contribution is -0.157. The highest BCUT2D eigenvalue weighted by atomic mass is 16.5. The van der Waals surface area contributed by atoms with Gasteiger partial charge in [-0.15, -0.1) is 0 Å². The van der Waals surface area contributed by atoms with Gasteiger partial charge in [0.1, 0.15) is 6.04 Å². The quantitative estimate of drug-likeness (QED) is 0.574. The van der Waals surface area contributed by atoms with Gasteiger partial charge in [-0.3, -0.25) is 4.79 Å². The Morgan fingerprint density at radius 2 is 2.25 bits per heavy atom. The molecule has 0 radical (unpaired) electrons. The van der Waals surface area contributed by atoms with Gasteiger partial charge in [-0.25, -0.2) is 4.79 Å². The van der Waals surface area contributed by atoms with Gasteiger partial charge >= 0.3 is 5.97 Å². The number of amides is 1. The molecule has 1 rings (SSSR count). The van der Waals surface area contributed by atoms with E-state index in [1.54, 1.807) is 0 Å². The van der Waals surface area contributed by atoms with Gasteiger partial charge in [0, 0.05) is 6.92 Å². The second-order valence-corrected chi connectivity index (χ2v) is 3.08. The van der Waals surface area contributed by atoms with E-state index in [0.717, 1.165) is 6.42 Å². The van der Waals surface area contributed by atoms with Crippen LogP contribution in [0.3, 0.4) is 0 Å². The summed E-state index contributed by atoms with van der Waals surface area (Å²) in [6.07, 6.45) is 1.48. The maximum absolute atomic E-state index is 11.1. The Bertz CT molecular complexity index is 202. The molecule has 0 spiro atoms. The maximum atomic E-state index is 11.1. The molecule has 0 aromatic heterocycles. The lowest BCUT2D eigenvalue weighted by Gasteiger charge is -2.25. The summed E-state index contributed by atoms with van der Waals surface area (Å²) >= 11 is 0. The fourth-order valence-electron chi connectivity index (χ4n) is 1.24. The third-order valence-electron chi connectivity index (χ3n) is 1.84. The van der Waals surface area contributed by atoms with Crippen LogP contribution in [-0.2, 0) is 14.3 Å². The fourth-order valence-corrected chi connectivity index (χ4v) is 1.24. The van der Waals surface area contributed by atoms with Crippen molar-refractivity contribution >= 4 is 11.9 Å². The lowest BCUT2D eigenvalue weighted by Crippen LogP contribution is -2.45. The molecule has 4 heteroatoms. The molecule has 1 aliphatic heterocycles. The van der Waals surface area contributed by atoms with Crippen LogP contribution in [0.25, 0.3) is 0 Å². The molecule has 0 bridgehead atoms. The van der Waals surface area contributed by atoms with E-state index in [-0.39, 0.29) is 18.0 Å². The largest absolute Gasteiger partial charge is 0.461 e. The van der Waals surface area contributed by atoms with E-state index in [4.69, 9.17) is 4.74 Å². The lowest BCUT2D eigenvalue weighted by atomic mass is 10.1. The molecule has 0 aliphatic carbocycles. The van der Waals surface area contributed by atoms with E-state index >= 15 is 0 Å². The second kappa shape index (κ2) is 3.56. The Morgan fingerprint density at radius 3 is 2.75 bits per heavy atom. The van der Waals surface area contributed by atoms with Gasteiger partial charge in [-0.1, -0.05) is 0 Å². The van der Waals surface area contributed by atoms with E-state index in [1.807, 2.05) is 6.92 Å². The summed E-state index contributed by atoms with van der Waals surface area (Å²) in [6.45, 7) is 3.24. The summed E-state index contributed by atoms with van der Waals surface area (Å²) in [5, 5.41) is 2.54. The van der Waals surface area contributed by atoms with Gasteiger partial charge in [-0.2, -0.15) is 0 Å². The highest BCUT2D eigenvalue weighted by Crippen LogP contribution is 2.13. The average Bonchev–Trinajstić information content (AvgIpc) is 1.94. The number of rotatable bonds is 1. The van der Waals surface area contributed by atoms with Crippen LogP contribution in [-0.4, -0.2) is 24.0 Å². The highest BCUT2D eigenvalue weighted by Gasteiger charge is 2.27. The number of cyclic esters (lactones) is 1. The number of nitrogens with one attached hydrogen (secondary N) is 1. The minimum Gasteiger partial charge on any atom is -0.461 e. The molecule has 0 aromatic rings. The van der Waals surface area contributed by atoms with Crippen molar-refractivity contribution in [2.75, 3.05) is 0 Å². The Kier molecular flexibility index (Phi) is 2.68.